The number of hydrogen-bond donors (Lipinski definition) is 1. The zero-order valence-corrected chi connectivity index (χ0v) is 14.5. The summed E-state index contributed by atoms with van der Waals surface area (Å²) in [4.78, 5) is 16.6. The van der Waals surface area contributed by atoms with Crippen LogP contribution in [0.1, 0.15) is 18.1 Å². The molecule has 4 heteroatoms. The molecule has 1 aliphatic heterocycles. The van der Waals surface area contributed by atoms with E-state index < -0.39 is 0 Å². The van der Waals surface area contributed by atoms with Crippen molar-refractivity contribution < 1.29 is 4.79 Å². The number of urea groups is 1. The number of benzene rings is 2. The van der Waals surface area contributed by atoms with Gasteiger partial charge in [-0.05, 0) is 48.7 Å². The lowest BCUT2D eigenvalue weighted by Crippen LogP contribution is -2.50. The average Bonchev–Trinajstić information content (AvgIpc) is 2.62. The van der Waals surface area contributed by atoms with Gasteiger partial charge in [-0.15, -0.1) is 0 Å². The van der Waals surface area contributed by atoms with Gasteiger partial charge in [0.15, 0.2) is 0 Å². The molecule has 1 aliphatic rings. The van der Waals surface area contributed by atoms with Crippen molar-refractivity contribution in [3.05, 3.63) is 59.7 Å². The number of hydrogen-bond acceptors (Lipinski definition) is 2. The van der Waals surface area contributed by atoms with Crippen LogP contribution in [0.4, 0.5) is 16.2 Å². The van der Waals surface area contributed by atoms with Gasteiger partial charge in [0, 0.05) is 37.6 Å². The lowest BCUT2D eigenvalue weighted by atomic mass is 10.1. The van der Waals surface area contributed by atoms with Crippen molar-refractivity contribution in [3.63, 3.8) is 0 Å². The smallest absolute Gasteiger partial charge is 0.321 e. The number of nitrogens with one attached hydrogen (secondary N) is 1. The van der Waals surface area contributed by atoms with E-state index in [1.165, 1.54) is 16.8 Å². The number of rotatable bonds is 3. The van der Waals surface area contributed by atoms with E-state index in [2.05, 4.69) is 60.5 Å². The first kappa shape index (κ1) is 16.4. The number of aryl methyl sites for hydroxylation is 2. The molecule has 0 aliphatic carbocycles. The molecule has 0 spiro atoms. The highest BCUT2D eigenvalue weighted by Gasteiger charge is 2.21. The molecule has 0 bridgehead atoms. The van der Waals surface area contributed by atoms with E-state index in [1.54, 1.807) is 0 Å². The minimum Gasteiger partial charge on any atom is -0.368 e. The number of anilines is 2. The van der Waals surface area contributed by atoms with Crippen LogP contribution in [0.2, 0.25) is 0 Å². The van der Waals surface area contributed by atoms with Crippen LogP contribution in [0.25, 0.3) is 0 Å². The summed E-state index contributed by atoms with van der Waals surface area (Å²) in [5, 5.41) is 3.00. The summed E-state index contributed by atoms with van der Waals surface area (Å²) in [7, 11) is 0. The molecule has 126 valence electrons. The molecule has 2 aromatic rings. The van der Waals surface area contributed by atoms with Crippen LogP contribution >= 0.6 is 0 Å². The lowest BCUT2D eigenvalue weighted by Gasteiger charge is -2.36. The number of carbonyl (C=O) groups is 1. The second-order valence-electron chi connectivity index (χ2n) is 6.29. The Morgan fingerprint density at radius 1 is 1.04 bits per heavy atom. The fourth-order valence-electron chi connectivity index (χ4n) is 3.02. The summed E-state index contributed by atoms with van der Waals surface area (Å²) in [5.74, 6) is 0. The maximum absolute atomic E-state index is 12.4. The van der Waals surface area contributed by atoms with Gasteiger partial charge in [-0.3, -0.25) is 0 Å². The van der Waals surface area contributed by atoms with Gasteiger partial charge in [-0.25, -0.2) is 4.79 Å². The molecule has 4 nitrogen and oxygen atoms in total. The molecule has 0 unspecified atom stereocenters. The third-order valence-corrected chi connectivity index (χ3v) is 4.55. The van der Waals surface area contributed by atoms with Crippen molar-refractivity contribution in [2.24, 2.45) is 0 Å². The molecule has 1 saturated heterocycles. The summed E-state index contributed by atoms with van der Waals surface area (Å²) in [6, 6.07) is 16.6. The van der Waals surface area contributed by atoms with E-state index >= 15 is 0 Å². The minimum atomic E-state index is -0.0110. The number of carbonyl (C=O) groups excluding carboxylic acids is 1. The molecule has 2 amide bonds. The molecule has 24 heavy (non-hydrogen) atoms. The maximum atomic E-state index is 12.4. The molecule has 0 aromatic heterocycles. The van der Waals surface area contributed by atoms with Crippen LogP contribution < -0.4 is 10.2 Å². The van der Waals surface area contributed by atoms with Gasteiger partial charge in [0.1, 0.15) is 0 Å². The highest BCUT2D eigenvalue weighted by molar-refractivity contribution is 5.89. The highest BCUT2D eigenvalue weighted by Crippen LogP contribution is 2.18. The topological polar surface area (TPSA) is 35.6 Å². The molecule has 0 saturated carbocycles. The van der Waals surface area contributed by atoms with Crippen molar-refractivity contribution in [1.82, 2.24) is 4.90 Å². The maximum Gasteiger partial charge on any atom is 0.321 e. The van der Waals surface area contributed by atoms with E-state index in [1.807, 2.05) is 17.0 Å². The van der Waals surface area contributed by atoms with Gasteiger partial charge < -0.3 is 15.1 Å². The number of piperazine rings is 1. The Balaban J connectivity index is 1.54. The predicted octanol–water partition coefficient (Wildman–Crippen LogP) is 3.91. The molecule has 0 atom stereocenters. The number of amides is 2. The second kappa shape index (κ2) is 7.39. The fourth-order valence-corrected chi connectivity index (χ4v) is 3.02. The number of nitrogens with zero attached hydrogens (tertiary/aromatic N) is 2. The van der Waals surface area contributed by atoms with Gasteiger partial charge in [-0.2, -0.15) is 0 Å². The normalized spacial score (nSPS) is 14.6. The Morgan fingerprint density at radius 2 is 1.75 bits per heavy atom. The summed E-state index contributed by atoms with van der Waals surface area (Å²) in [6.07, 6.45) is 1.01. The predicted molar refractivity (Wildman–Crippen MR) is 99.8 cm³/mol. The first-order chi connectivity index (χ1) is 11.7. The van der Waals surface area contributed by atoms with E-state index in [-0.39, 0.29) is 6.03 Å². The van der Waals surface area contributed by atoms with Gasteiger partial charge in [0.2, 0.25) is 0 Å². The molecular formula is C20H25N3O. The molecule has 2 aromatic carbocycles. The molecule has 1 N–H and O–H groups in total. The van der Waals surface area contributed by atoms with Gasteiger partial charge >= 0.3 is 6.03 Å². The van der Waals surface area contributed by atoms with E-state index in [0.29, 0.717) is 0 Å². The first-order valence-electron chi connectivity index (χ1n) is 8.62. The third kappa shape index (κ3) is 3.88. The third-order valence-electron chi connectivity index (χ3n) is 4.55. The second-order valence-corrected chi connectivity index (χ2v) is 6.29. The van der Waals surface area contributed by atoms with Crippen molar-refractivity contribution in [3.8, 4) is 0 Å². The van der Waals surface area contributed by atoms with E-state index in [9.17, 15) is 4.79 Å². The van der Waals surface area contributed by atoms with Crippen molar-refractivity contribution in [2.75, 3.05) is 36.4 Å². The SMILES string of the molecule is CCc1ccc(NC(=O)N2CCN(c3cccc(C)c3)CC2)cc1. The summed E-state index contributed by atoms with van der Waals surface area (Å²) < 4.78 is 0. The van der Waals surface area contributed by atoms with Gasteiger partial charge in [0.25, 0.3) is 0 Å². The summed E-state index contributed by atoms with van der Waals surface area (Å²) >= 11 is 0. The summed E-state index contributed by atoms with van der Waals surface area (Å²) in [5.41, 5.74) is 4.64. The molecule has 1 heterocycles. The van der Waals surface area contributed by atoms with Crippen molar-refractivity contribution >= 4 is 17.4 Å². The zero-order valence-electron chi connectivity index (χ0n) is 14.5. The minimum absolute atomic E-state index is 0.0110. The Bertz CT molecular complexity index is 688. The Morgan fingerprint density at radius 3 is 2.38 bits per heavy atom. The molecule has 3 rings (SSSR count). The fraction of sp³-hybridized carbons (Fsp3) is 0.350. The monoisotopic (exact) mass is 323 g/mol. The van der Waals surface area contributed by atoms with E-state index in [0.717, 1.165) is 38.3 Å². The van der Waals surface area contributed by atoms with Crippen LogP contribution in [0.5, 0.6) is 0 Å². The lowest BCUT2D eigenvalue weighted by molar-refractivity contribution is 0.208. The molecule has 1 fully saturated rings. The average molecular weight is 323 g/mol. The van der Waals surface area contributed by atoms with Crippen LogP contribution in [-0.4, -0.2) is 37.1 Å². The quantitative estimate of drug-likeness (QED) is 0.929. The van der Waals surface area contributed by atoms with Crippen LogP contribution in [0.15, 0.2) is 48.5 Å². The summed E-state index contributed by atoms with van der Waals surface area (Å²) in [6.45, 7) is 7.45. The van der Waals surface area contributed by atoms with Crippen molar-refractivity contribution in [1.29, 1.82) is 0 Å². The Labute approximate surface area is 144 Å². The highest BCUT2D eigenvalue weighted by atomic mass is 16.2. The van der Waals surface area contributed by atoms with Crippen molar-refractivity contribution in [2.45, 2.75) is 20.3 Å². The molecular weight excluding hydrogens is 298 g/mol. The Kier molecular flexibility index (Phi) is 5.04. The van der Waals surface area contributed by atoms with Crippen LogP contribution in [0.3, 0.4) is 0 Å². The standard InChI is InChI=1S/C20H25N3O/c1-3-17-7-9-18(10-8-17)21-20(24)23-13-11-22(12-14-23)19-6-4-5-16(2)15-19/h4-10,15H,3,11-14H2,1-2H3,(H,21,24). The molecule has 0 radical (unpaired) electrons. The van der Waals surface area contributed by atoms with Gasteiger partial charge in [-0.1, -0.05) is 31.2 Å². The van der Waals surface area contributed by atoms with Gasteiger partial charge in [0.05, 0.1) is 0 Å². The zero-order chi connectivity index (χ0) is 16.9. The van der Waals surface area contributed by atoms with Crippen LogP contribution in [0, 0.1) is 6.92 Å². The Hall–Kier alpha value is -2.49. The van der Waals surface area contributed by atoms with Crippen LogP contribution in [-0.2, 0) is 6.42 Å². The van der Waals surface area contributed by atoms with E-state index in [4.69, 9.17) is 0 Å². The first-order valence-corrected chi connectivity index (χ1v) is 8.62. The largest absolute Gasteiger partial charge is 0.368 e.